The first-order valence-electron chi connectivity index (χ1n) is 6.25. The molecule has 1 amide bonds. The van der Waals surface area contributed by atoms with E-state index in [4.69, 9.17) is 16.3 Å². The zero-order valence-electron chi connectivity index (χ0n) is 10.5. The third kappa shape index (κ3) is 3.16. The number of amides is 1. The van der Waals surface area contributed by atoms with Gasteiger partial charge in [0.2, 0.25) is 5.91 Å². The lowest BCUT2D eigenvalue weighted by Gasteiger charge is -2.24. The molecular weight excluding hydrogens is 250 g/mol. The number of hydrogen-bond donors (Lipinski definition) is 1. The Morgan fingerprint density at radius 2 is 2.33 bits per heavy atom. The van der Waals surface area contributed by atoms with Crippen molar-refractivity contribution in [3.63, 3.8) is 0 Å². The number of halogens is 1. The Bertz CT molecular complexity index is 422. The molecule has 2 rings (SSSR count). The monoisotopic (exact) mass is 267 g/mol. The number of benzene rings is 1. The van der Waals surface area contributed by atoms with E-state index in [0.29, 0.717) is 24.9 Å². The number of rotatable bonds is 4. The van der Waals surface area contributed by atoms with E-state index in [1.54, 1.807) is 0 Å². The fraction of sp³-hybridized carbons (Fsp3) is 0.500. The maximum Gasteiger partial charge on any atom is 0.226 e. The van der Waals surface area contributed by atoms with Gasteiger partial charge in [-0.2, -0.15) is 0 Å². The first-order chi connectivity index (χ1) is 8.70. The van der Waals surface area contributed by atoms with Crippen molar-refractivity contribution >= 4 is 17.5 Å². The van der Waals surface area contributed by atoms with Crippen LogP contribution in [0.2, 0.25) is 0 Å². The highest BCUT2D eigenvalue weighted by Gasteiger charge is 2.25. The van der Waals surface area contributed by atoms with Crippen LogP contribution in [-0.2, 0) is 11.2 Å². The number of carbonyl (C=O) groups is 1. The van der Waals surface area contributed by atoms with Gasteiger partial charge < -0.3 is 10.1 Å². The highest BCUT2D eigenvalue weighted by atomic mass is 35.5. The fourth-order valence-electron chi connectivity index (χ4n) is 1.97. The maximum absolute atomic E-state index is 12.0. The lowest BCUT2D eigenvalue weighted by atomic mass is 9.96. The van der Waals surface area contributed by atoms with Crippen molar-refractivity contribution < 1.29 is 9.53 Å². The van der Waals surface area contributed by atoms with Crippen LogP contribution in [0, 0.1) is 11.8 Å². The average molecular weight is 268 g/mol. The Kier molecular flexibility index (Phi) is 4.48. The van der Waals surface area contributed by atoms with Crippen LogP contribution in [0.1, 0.15) is 12.5 Å². The summed E-state index contributed by atoms with van der Waals surface area (Å²) in [6.07, 6.45) is 0.747. The Morgan fingerprint density at radius 1 is 1.56 bits per heavy atom. The molecule has 2 unspecified atom stereocenters. The minimum atomic E-state index is -0.0950. The SMILES string of the molecule is CC(CCl)CNC(=O)C1COc2ccccc2C1. The summed E-state index contributed by atoms with van der Waals surface area (Å²) in [5.74, 6) is 1.72. The van der Waals surface area contributed by atoms with Crippen LogP contribution in [0.4, 0.5) is 0 Å². The molecule has 2 atom stereocenters. The summed E-state index contributed by atoms with van der Waals surface area (Å²) in [6, 6.07) is 7.87. The number of alkyl halides is 1. The van der Waals surface area contributed by atoms with Gasteiger partial charge in [0.05, 0.1) is 5.92 Å². The van der Waals surface area contributed by atoms with Crippen molar-refractivity contribution in [2.24, 2.45) is 11.8 Å². The molecule has 0 spiro atoms. The number of hydrogen-bond acceptors (Lipinski definition) is 2. The van der Waals surface area contributed by atoms with Gasteiger partial charge in [-0.25, -0.2) is 0 Å². The summed E-state index contributed by atoms with van der Waals surface area (Å²) in [5, 5.41) is 2.93. The summed E-state index contributed by atoms with van der Waals surface area (Å²) >= 11 is 5.71. The summed E-state index contributed by atoms with van der Waals surface area (Å²) in [4.78, 5) is 12.0. The van der Waals surface area contributed by atoms with Crippen molar-refractivity contribution in [2.75, 3.05) is 19.0 Å². The zero-order valence-corrected chi connectivity index (χ0v) is 11.2. The van der Waals surface area contributed by atoms with Crippen LogP contribution < -0.4 is 10.1 Å². The molecule has 0 radical (unpaired) electrons. The number of nitrogens with one attached hydrogen (secondary N) is 1. The van der Waals surface area contributed by atoms with Crippen molar-refractivity contribution in [3.8, 4) is 5.75 Å². The van der Waals surface area contributed by atoms with Gasteiger partial charge in [0.25, 0.3) is 0 Å². The quantitative estimate of drug-likeness (QED) is 0.850. The minimum Gasteiger partial charge on any atom is -0.492 e. The topological polar surface area (TPSA) is 38.3 Å². The van der Waals surface area contributed by atoms with Crippen molar-refractivity contribution in [1.82, 2.24) is 5.32 Å². The molecule has 4 heteroatoms. The second-order valence-electron chi connectivity index (χ2n) is 4.82. The predicted octanol–water partition coefficient (Wildman–Crippen LogP) is 2.23. The smallest absolute Gasteiger partial charge is 0.226 e. The molecule has 1 aliphatic rings. The molecule has 1 aromatic carbocycles. The summed E-state index contributed by atoms with van der Waals surface area (Å²) in [5.41, 5.74) is 1.11. The number of ether oxygens (including phenoxy) is 1. The highest BCUT2D eigenvalue weighted by molar-refractivity contribution is 6.18. The van der Waals surface area contributed by atoms with Gasteiger partial charge >= 0.3 is 0 Å². The molecule has 0 saturated carbocycles. The minimum absolute atomic E-state index is 0.0569. The van der Waals surface area contributed by atoms with E-state index >= 15 is 0 Å². The highest BCUT2D eigenvalue weighted by Crippen LogP contribution is 2.26. The van der Waals surface area contributed by atoms with Crippen molar-refractivity contribution in [2.45, 2.75) is 13.3 Å². The van der Waals surface area contributed by atoms with Crippen molar-refractivity contribution in [1.29, 1.82) is 0 Å². The van der Waals surface area contributed by atoms with Gasteiger partial charge in [-0.1, -0.05) is 25.1 Å². The summed E-state index contributed by atoms with van der Waals surface area (Å²) in [7, 11) is 0. The molecule has 0 fully saturated rings. The standard InChI is InChI=1S/C14H18ClNO2/c1-10(7-15)8-16-14(17)12-6-11-4-2-3-5-13(11)18-9-12/h2-5,10,12H,6-9H2,1H3,(H,16,17). The number of para-hydroxylation sites is 1. The molecule has 0 aromatic heterocycles. The molecular formula is C14H18ClNO2. The second-order valence-corrected chi connectivity index (χ2v) is 5.13. The first-order valence-corrected chi connectivity index (χ1v) is 6.78. The van der Waals surface area contributed by atoms with Gasteiger partial charge in [0.1, 0.15) is 12.4 Å². The fourth-order valence-corrected chi connectivity index (χ4v) is 2.08. The summed E-state index contributed by atoms with van der Waals surface area (Å²) in [6.45, 7) is 3.10. The third-order valence-corrected chi connectivity index (χ3v) is 3.66. The van der Waals surface area contributed by atoms with E-state index in [1.165, 1.54) is 0 Å². The Morgan fingerprint density at radius 3 is 3.11 bits per heavy atom. The predicted molar refractivity (Wildman–Crippen MR) is 72.0 cm³/mol. The molecule has 1 aliphatic heterocycles. The Balaban J connectivity index is 1.90. The lowest BCUT2D eigenvalue weighted by molar-refractivity contribution is -0.126. The lowest BCUT2D eigenvalue weighted by Crippen LogP contribution is -2.39. The molecule has 18 heavy (non-hydrogen) atoms. The van der Waals surface area contributed by atoms with E-state index in [2.05, 4.69) is 5.32 Å². The van der Waals surface area contributed by atoms with Crippen LogP contribution in [0.25, 0.3) is 0 Å². The van der Waals surface area contributed by atoms with E-state index < -0.39 is 0 Å². The van der Waals surface area contributed by atoms with E-state index in [1.807, 2.05) is 31.2 Å². The zero-order chi connectivity index (χ0) is 13.0. The van der Waals surface area contributed by atoms with Crippen LogP contribution >= 0.6 is 11.6 Å². The molecule has 0 saturated heterocycles. The van der Waals surface area contributed by atoms with Crippen LogP contribution in [-0.4, -0.2) is 24.9 Å². The van der Waals surface area contributed by atoms with Crippen LogP contribution in [0.5, 0.6) is 5.75 Å². The Labute approximate surface area is 112 Å². The molecule has 1 N–H and O–H groups in total. The molecule has 3 nitrogen and oxygen atoms in total. The first kappa shape index (κ1) is 13.2. The normalized spacial score (nSPS) is 19.6. The van der Waals surface area contributed by atoms with Crippen LogP contribution in [0.15, 0.2) is 24.3 Å². The summed E-state index contributed by atoms with van der Waals surface area (Å²) < 4.78 is 5.60. The number of carbonyl (C=O) groups excluding carboxylic acids is 1. The van der Waals surface area contributed by atoms with Gasteiger partial charge in [-0.3, -0.25) is 4.79 Å². The molecule has 0 aliphatic carbocycles. The van der Waals surface area contributed by atoms with Gasteiger partial charge in [0, 0.05) is 12.4 Å². The largest absolute Gasteiger partial charge is 0.492 e. The molecule has 0 bridgehead atoms. The van der Waals surface area contributed by atoms with Crippen LogP contribution in [0.3, 0.4) is 0 Å². The van der Waals surface area contributed by atoms with Crippen molar-refractivity contribution in [3.05, 3.63) is 29.8 Å². The average Bonchev–Trinajstić information content (AvgIpc) is 2.43. The van der Waals surface area contributed by atoms with E-state index in [-0.39, 0.29) is 11.8 Å². The van der Waals surface area contributed by atoms with E-state index in [0.717, 1.165) is 17.7 Å². The van der Waals surface area contributed by atoms with E-state index in [9.17, 15) is 4.79 Å². The van der Waals surface area contributed by atoms with Gasteiger partial charge in [-0.05, 0) is 24.0 Å². The Hall–Kier alpha value is -1.22. The number of fused-ring (bicyclic) bond motifs is 1. The van der Waals surface area contributed by atoms with Gasteiger partial charge in [-0.15, -0.1) is 11.6 Å². The molecule has 98 valence electrons. The third-order valence-electron chi connectivity index (χ3n) is 3.14. The molecule has 1 heterocycles. The second kappa shape index (κ2) is 6.10. The maximum atomic E-state index is 12.0. The molecule has 1 aromatic rings. The van der Waals surface area contributed by atoms with Gasteiger partial charge in [0.15, 0.2) is 0 Å².